The lowest BCUT2D eigenvalue weighted by Gasteiger charge is -2.21. The van der Waals surface area contributed by atoms with Gasteiger partial charge in [0.05, 0.1) is 26.2 Å². The number of rotatable bonds is 8. The lowest BCUT2D eigenvalue weighted by atomic mass is 10.1. The number of benzene rings is 2. The van der Waals surface area contributed by atoms with Crippen LogP contribution in [0.25, 0.3) is 0 Å². The Morgan fingerprint density at radius 1 is 1.06 bits per heavy atom. The zero-order chi connectivity index (χ0) is 26.3. The summed E-state index contributed by atoms with van der Waals surface area (Å²) in [6.07, 6.45) is -3.18. The van der Waals surface area contributed by atoms with E-state index in [2.05, 4.69) is 4.72 Å². The maximum atomic E-state index is 12.5. The van der Waals surface area contributed by atoms with Crippen LogP contribution in [0.4, 0.5) is 24.5 Å². The van der Waals surface area contributed by atoms with E-state index in [9.17, 15) is 31.5 Å². The Morgan fingerprint density at radius 2 is 1.65 bits per heavy atom. The Hall–Kier alpha value is -2.70. The number of aliphatic carboxylic acids is 1. The van der Waals surface area contributed by atoms with Crippen LogP contribution in [0.3, 0.4) is 0 Å². The Labute approximate surface area is 203 Å². The second-order valence-electron chi connectivity index (χ2n) is 6.80. The molecule has 0 heterocycles. The highest BCUT2D eigenvalue weighted by atomic mass is 35.5. The second kappa shape index (κ2) is 12.1. The number of alkyl halides is 3. The fourth-order valence-corrected chi connectivity index (χ4v) is 3.92. The zero-order valence-electron chi connectivity index (χ0n) is 17.9. The van der Waals surface area contributed by atoms with E-state index in [1.165, 1.54) is 30.3 Å². The molecule has 0 unspecified atom stereocenters. The highest BCUT2D eigenvalue weighted by molar-refractivity contribution is 7.92. The van der Waals surface area contributed by atoms with E-state index in [1.807, 2.05) is 11.8 Å². The summed E-state index contributed by atoms with van der Waals surface area (Å²) in [6, 6.07) is 8.35. The van der Waals surface area contributed by atoms with E-state index in [0.29, 0.717) is 12.2 Å². The third-order valence-corrected chi connectivity index (χ3v) is 6.30. The molecule has 0 fully saturated rings. The van der Waals surface area contributed by atoms with Gasteiger partial charge >= 0.3 is 18.1 Å². The molecule has 2 aromatic rings. The number of nitrogens with zero attached hydrogens (tertiary/aromatic N) is 1. The molecule has 0 saturated carbocycles. The van der Waals surface area contributed by atoms with Crippen molar-refractivity contribution in [2.24, 2.45) is 0 Å². The summed E-state index contributed by atoms with van der Waals surface area (Å²) in [5, 5.41) is 17.0. The molecular weight excluding hydrogens is 524 g/mol. The van der Waals surface area contributed by atoms with Gasteiger partial charge in [-0.05, 0) is 42.8 Å². The molecule has 0 aliphatic heterocycles. The molecular formula is C20H21Cl2F3N2O6S. The van der Waals surface area contributed by atoms with Gasteiger partial charge in [-0.25, -0.2) is 18.0 Å². The Bertz CT molecular complexity index is 1140. The van der Waals surface area contributed by atoms with E-state index in [4.69, 9.17) is 33.1 Å². The van der Waals surface area contributed by atoms with Gasteiger partial charge < -0.3 is 15.1 Å². The van der Waals surface area contributed by atoms with E-state index < -0.39 is 28.1 Å². The number of unbranched alkanes of at least 4 members (excludes halogenated alkanes) is 1. The summed E-state index contributed by atoms with van der Waals surface area (Å²) in [5.74, 6) is -3.89. The number of anilines is 2. The first kappa shape index (κ1) is 29.3. The Kier molecular flexibility index (Phi) is 10.5. The predicted octanol–water partition coefficient (Wildman–Crippen LogP) is 5.36. The fourth-order valence-electron chi connectivity index (χ4n) is 2.48. The van der Waals surface area contributed by atoms with Crippen LogP contribution in [0.1, 0.15) is 30.1 Å². The van der Waals surface area contributed by atoms with Gasteiger partial charge in [-0.15, -0.1) is 0 Å². The van der Waals surface area contributed by atoms with Crippen molar-refractivity contribution in [2.45, 2.75) is 30.8 Å². The molecule has 0 aromatic heterocycles. The standard InChI is InChI=1S/C18H20Cl2N2O4S.C2HF3O2/c1-3-4-9-22(2)17-8-5-12(10-14(17)18(23)24)21-27(25,26)13-6-7-15(19)16(20)11-13;3-2(4,5)1(6)7/h5-8,10-11,21H,3-4,9H2,1-2H3,(H,23,24);(H,6,7). The van der Waals surface area contributed by atoms with Crippen molar-refractivity contribution >= 4 is 56.5 Å². The molecule has 0 spiro atoms. The molecule has 0 atom stereocenters. The van der Waals surface area contributed by atoms with Crippen molar-refractivity contribution in [3.63, 3.8) is 0 Å². The molecule has 14 heteroatoms. The van der Waals surface area contributed by atoms with Gasteiger partial charge in [0.25, 0.3) is 10.0 Å². The van der Waals surface area contributed by atoms with Crippen molar-refractivity contribution in [2.75, 3.05) is 23.2 Å². The minimum atomic E-state index is -5.08. The lowest BCUT2D eigenvalue weighted by molar-refractivity contribution is -0.192. The molecule has 0 aliphatic carbocycles. The van der Waals surface area contributed by atoms with Gasteiger partial charge in [0, 0.05) is 19.3 Å². The van der Waals surface area contributed by atoms with Crippen molar-refractivity contribution in [1.82, 2.24) is 0 Å². The van der Waals surface area contributed by atoms with Gasteiger partial charge in [-0.1, -0.05) is 36.5 Å². The van der Waals surface area contributed by atoms with E-state index >= 15 is 0 Å². The molecule has 0 aliphatic rings. The summed E-state index contributed by atoms with van der Waals surface area (Å²) in [4.78, 5) is 22.3. The van der Waals surface area contributed by atoms with E-state index in [0.717, 1.165) is 12.8 Å². The van der Waals surface area contributed by atoms with Gasteiger partial charge in [0.2, 0.25) is 0 Å². The SMILES string of the molecule is CCCCN(C)c1ccc(NS(=O)(=O)c2ccc(Cl)c(Cl)c2)cc1C(=O)O.O=C(O)C(F)(F)F. The second-order valence-corrected chi connectivity index (χ2v) is 9.29. The first-order valence-corrected chi connectivity index (χ1v) is 11.7. The number of aromatic carboxylic acids is 1. The number of carboxylic acids is 2. The zero-order valence-corrected chi connectivity index (χ0v) is 20.2. The number of nitrogens with one attached hydrogen (secondary N) is 1. The largest absolute Gasteiger partial charge is 0.490 e. The molecule has 2 rings (SSSR count). The number of carboxylic acid groups (broad SMARTS) is 2. The summed E-state index contributed by atoms with van der Waals surface area (Å²) in [6.45, 7) is 2.75. The van der Waals surface area contributed by atoms with Crippen LogP contribution in [0.5, 0.6) is 0 Å². The summed E-state index contributed by atoms with van der Waals surface area (Å²) in [5.41, 5.74) is 0.683. The smallest absolute Gasteiger partial charge is 0.478 e. The van der Waals surface area contributed by atoms with Crippen molar-refractivity contribution in [3.05, 3.63) is 52.0 Å². The average molecular weight is 545 g/mol. The van der Waals surface area contributed by atoms with Crippen LogP contribution in [0.2, 0.25) is 10.0 Å². The average Bonchev–Trinajstić information content (AvgIpc) is 2.73. The summed E-state index contributed by atoms with van der Waals surface area (Å²) in [7, 11) is -2.14. The quantitative estimate of drug-likeness (QED) is 0.408. The highest BCUT2D eigenvalue weighted by Crippen LogP contribution is 2.28. The fraction of sp³-hybridized carbons (Fsp3) is 0.300. The lowest BCUT2D eigenvalue weighted by Crippen LogP contribution is -2.21. The highest BCUT2D eigenvalue weighted by Gasteiger charge is 2.38. The molecule has 0 bridgehead atoms. The van der Waals surface area contributed by atoms with Crippen LogP contribution >= 0.6 is 23.2 Å². The molecule has 3 N–H and O–H groups in total. The van der Waals surface area contributed by atoms with Crippen LogP contribution in [0.15, 0.2) is 41.3 Å². The molecule has 0 saturated heterocycles. The first-order valence-electron chi connectivity index (χ1n) is 9.46. The molecule has 8 nitrogen and oxygen atoms in total. The van der Waals surface area contributed by atoms with Gasteiger partial charge in [0.1, 0.15) is 0 Å². The van der Waals surface area contributed by atoms with Crippen LogP contribution in [-0.2, 0) is 14.8 Å². The van der Waals surface area contributed by atoms with Crippen molar-refractivity contribution in [1.29, 1.82) is 0 Å². The van der Waals surface area contributed by atoms with Crippen LogP contribution in [-0.4, -0.2) is 50.3 Å². The van der Waals surface area contributed by atoms with Gasteiger partial charge in [0.15, 0.2) is 0 Å². The normalized spacial score (nSPS) is 11.3. The maximum Gasteiger partial charge on any atom is 0.490 e. The van der Waals surface area contributed by atoms with Crippen LogP contribution < -0.4 is 9.62 Å². The predicted molar refractivity (Wildman–Crippen MR) is 123 cm³/mol. The topological polar surface area (TPSA) is 124 Å². The van der Waals surface area contributed by atoms with E-state index in [-0.39, 0.29) is 26.2 Å². The molecule has 0 amide bonds. The molecule has 188 valence electrons. The number of halogens is 5. The minimum absolute atomic E-state index is 0.0166. The number of sulfonamides is 1. The third kappa shape index (κ3) is 8.58. The Morgan fingerprint density at radius 3 is 2.12 bits per heavy atom. The van der Waals surface area contributed by atoms with Crippen molar-refractivity contribution < 1.29 is 41.4 Å². The molecule has 2 aromatic carbocycles. The minimum Gasteiger partial charge on any atom is -0.478 e. The number of hydrogen-bond acceptors (Lipinski definition) is 5. The monoisotopic (exact) mass is 544 g/mol. The summed E-state index contributed by atoms with van der Waals surface area (Å²) >= 11 is 11.7. The van der Waals surface area contributed by atoms with Crippen molar-refractivity contribution in [3.8, 4) is 0 Å². The third-order valence-electron chi connectivity index (χ3n) is 4.18. The molecule has 0 radical (unpaired) electrons. The maximum absolute atomic E-state index is 12.5. The van der Waals surface area contributed by atoms with Crippen LogP contribution in [0, 0.1) is 0 Å². The number of hydrogen-bond donors (Lipinski definition) is 3. The van der Waals surface area contributed by atoms with Gasteiger partial charge in [-0.3, -0.25) is 4.72 Å². The molecule has 34 heavy (non-hydrogen) atoms. The van der Waals surface area contributed by atoms with Gasteiger partial charge in [-0.2, -0.15) is 13.2 Å². The van der Waals surface area contributed by atoms with E-state index in [1.54, 1.807) is 13.1 Å². The first-order chi connectivity index (χ1) is 15.6. The Balaban J connectivity index is 0.000000718. The summed E-state index contributed by atoms with van der Waals surface area (Å²) < 4.78 is 59.2. The number of carbonyl (C=O) groups is 2.